The topological polar surface area (TPSA) is 12.9 Å². The van der Waals surface area contributed by atoms with E-state index in [0.717, 1.165) is 9.08 Å². The van der Waals surface area contributed by atoms with Crippen molar-refractivity contribution in [2.75, 3.05) is 0 Å². The molecule has 1 heterocycles. The average molecular weight is 236 g/mol. The lowest BCUT2D eigenvalue weighted by molar-refractivity contribution is 1.26. The van der Waals surface area contributed by atoms with Crippen molar-refractivity contribution in [1.82, 2.24) is 4.98 Å². The molecule has 0 fully saturated rings. The maximum atomic E-state index is 3.87. The molecule has 0 aliphatic carbocycles. The molecule has 8 heavy (non-hydrogen) atoms. The Hall–Kier alpha value is 0.110. The van der Waals surface area contributed by atoms with Gasteiger partial charge in [-0.05, 0) is 37.9 Å². The molecule has 1 radical (unpaired) electrons. The first-order chi connectivity index (χ1) is 3.79. The second-order valence-electron chi connectivity index (χ2n) is 1.22. The predicted octanol–water partition coefficient (Wildman–Crippen LogP) is 2.41. The highest BCUT2D eigenvalue weighted by Crippen LogP contribution is 2.11. The third-order valence-electron chi connectivity index (χ3n) is 0.636. The normalized spacial score (nSPS) is 9.25. The Bertz CT molecular complexity index is 170. The maximum absolute atomic E-state index is 3.87. The molecule has 0 N–H and O–H groups in total. The van der Waals surface area contributed by atoms with Gasteiger partial charge in [-0.3, -0.25) is 0 Å². The summed E-state index contributed by atoms with van der Waals surface area (Å²) < 4.78 is 1.74. The molecule has 3 heteroatoms. The minimum atomic E-state index is 0.822. The fourth-order valence-electron chi connectivity index (χ4n) is 0.339. The smallest absolute Gasteiger partial charge is 0.107 e. The largest absolute Gasteiger partial charge is 0.249 e. The Kier molecular flexibility index (Phi) is 2.02. The van der Waals surface area contributed by atoms with Crippen LogP contribution in [0.1, 0.15) is 0 Å². The molecule has 0 saturated carbocycles. The van der Waals surface area contributed by atoms with Gasteiger partial charge in [0.05, 0.1) is 0 Å². The van der Waals surface area contributed by atoms with Crippen LogP contribution < -0.4 is 0 Å². The van der Waals surface area contributed by atoms with Gasteiger partial charge in [0.2, 0.25) is 0 Å². The van der Waals surface area contributed by atoms with Crippen molar-refractivity contribution in [3.8, 4) is 0 Å². The zero-order valence-electron chi connectivity index (χ0n) is 3.86. The van der Waals surface area contributed by atoms with Gasteiger partial charge in [0.15, 0.2) is 0 Å². The minimum absolute atomic E-state index is 0.822. The number of hydrogen-bond donors (Lipinski definition) is 0. The van der Waals surface area contributed by atoms with Crippen molar-refractivity contribution >= 4 is 31.9 Å². The van der Waals surface area contributed by atoms with Crippen LogP contribution in [-0.4, -0.2) is 4.98 Å². The van der Waals surface area contributed by atoms with Gasteiger partial charge in [-0.2, -0.15) is 0 Å². The van der Waals surface area contributed by atoms with Crippen LogP contribution in [0.4, 0.5) is 0 Å². The number of hydrogen-bond acceptors (Lipinski definition) is 1. The fraction of sp³-hybridized carbons (Fsp3) is 0. The second kappa shape index (κ2) is 2.60. The summed E-state index contributed by atoms with van der Waals surface area (Å²) in [6, 6.07) is 4.68. The highest BCUT2D eigenvalue weighted by atomic mass is 79.9. The Morgan fingerprint density at radius 1 is 1.50 bits per heavy atom. The van der Waals surface area contributed by atoms with Gasteiger partial charge in [-0.25, -0.2) is 4.98 Å². The van der Waals surface area contributed by atoms with Crippen molar-refractivity contribution in [3.05, 3.63) is 27.4 Å². The van der Waals surface area contributed by atoms with Gasteiger partial charge in [-0.15, -0.1) is 0 Å². The zero-order chi connectivity index (χ0) is 5.98. The van der Waals surface area contributed by atoms with Crippen LogP contribution in [0, 0.1) is 6.07 Å². The maximum Gasteiger partial charge on any atom is 0.107 e. The van der Waals surface area contributed by atoms with E-state index < -0.39 is 0 Å². The van der Waals surface area contributed by atoms with Gasteiger partial charge in [-0.1, -0.05) is 0 Å². The molecular formula is C5H2Br2N. The molecule has 1 rings (SSSR count). The van der Waals surface area contributed by atoms with E-state index in [2.05, 4.69) is 42.9 Å². The standard InChI is InChI=1S/C5H2Br2N/c6-4-1-2-8-5(7)3-4/h2-3H. The summed E-state index contributed by atoms with van der Waals surface area (Å²) in [5.74, 6) is 0. The lowest BCUT2D eigenvalue weighted by atomic mass is 10.5. The summed E-state index contributed by atoms with van der Waals surface area (Å²) in [6.45, 7) is 0. The molecule has 1 aromatic rings. The van der Waals surface area contributed by atoms with Crippen LogP contribution in [0.2, 0.25) is 0 Å². The van der Waals surface area contributed by atoms with E-state index in [0.29, 0.717) is 0 Å². The highest BCUT2D eigenvalue weighted by Gasteiger charge is 1.86. The zero-order valence-corrected chi connectivity index (χ0v) is 7.03. The van der Waals surface area contributed by atoms with Gasteiger partial charge >= 0.3 is 0 Å². The van der Waals surface area contributed by atoms with Crippen LogP contribution in [-0.2, 0) is 0 Å². The van der Waals surface area contributed by atoms with E-state index in [-0.39, 0.29) is 0 Å². The molecule has 0 spiro atoms. The first-order valence-corrected chi connectivity index (χ1v) is 3.56. The van der Waals surface area contributed by atoms with E-state index in [1.54, 1.807) is 6.20 Å². The SMILES string of the molecule is Brc1[c]cnc(Br)c1. The van der Waals surface area contributed by atoms with Crippen LogP contribution in [0.25, 0.3) is 0 Å². The predicted molar refractivity (Wildman–Crippen MR) is 38.5 cm³/mol. The lowest BCUT2D eigenvalue weighted by Gasteiger charge is -1.85. The molecule has 0 aromatic carbocycles. The summed E-state index contributed by atoms with van der Waals surface area (Å²) in [5.41, 5.74) is 0. The van der Waals surface area contributed by atoms with Gasteiger partial charge < -0.3 is 0 Å². The number of aromatic nitrogens is 1. The molecule has 0 bridgehead atoms. The van der Waals surface area contributed by atoms with E-state index in [1.165, 1.54) is 0 Å². The Morgan fingerprint density at radius 2 is 2.25 bits per heavy atom. The number of rotatable bonds is 0. The van der Waals surface area contributed by atoms with E-state index in [9.17, 15) is 0 Å². The third-order valence-corrected chi connectivity index (χ3v) is 1.53. The van der Waals surface area contributed by atoms with Gasteiger partial charge in [0.1, 0.15) is 4.60 Å². The van der Waals surface area contributed by atoms with Crippen molar-refractivity contribution < 1.29 is 0 Å². The van der Waals surface area contributed by atoms with Gasteiger partial charge in [0, 0.05) is 16.7 Å². The second-order valence-corrected chi connectivity index (χ2v) is 2.88. The Balaban J connectivity index is 3.08. The van der Waals surface area contributed by atoms with E-state index in [1.807, 2.05) is 6.07 Å². The third kappa shape index (κ3) is 1.56. The molecule has 0 saturated heterocycles. The van der Waals surface area contributed by atoms with Crippen LogP contribution >= 0.6 is 31.9 Å². The minimum Gasteiger partial charge on any atom is -0.249 e. The van der Waals surface area contributed by atoms with E-state index >= 15 is 0 Å². The van der Waals surface area contributed by atoms with Crippen LogP contribution in [0.15, 0.2) is 21.3 Å². The van der Waals surface area contributed by atoms with Crippen LogP contribution in [0.3, 0.4) is 0 Å². The van der Waals surface area contributed by atoms with E-state index in [4.69, 9.17) is 0 Å². The molecular weight excluding hydrogens is 234 g/mol. The van der Waals surface area contributed by atoms with Crippen molar-refractivity contribution in [3.63, 3.8) is 0 Å². The quantitative estimate of drug-likeness (QED) is 0.630. The van der Waals surface area contributed by atoms with Crippen LogP contribution in [0.5, 0.6) is 0 Å². The molecule has 0 atom stereocenters. The summed E-state index contributed by atoms with van der Waals surface area (Å²) in [4.78, 5) is 3.87. The molecule has 1 nitrogen and oxygen atoms in total. The lowest BCUT2D eigenvalue weighted by Crippen LogP contribution is -1.71. The summed E-state index contributed by atoms with van der Waals surface area (Å²) >= 11 is 6.44. The first-order valence-electron chi connectivity index (χ1n) is 1.98. The molecule has 1 aromatic heterocycles. The molecule has 41 valence electrons. The number of pyridine rings is 1. The average Bonchev–Trinajstić information content (AvgIpc) is 1.64. The summed E-state index contributed by atoms with van der Waals surface area (Å²) in [6.07, 6.45) is 1.61. The van der Waals surface area contributed by atoms with Crippen molar-refractivity contribution in [2.24, 2.45) is 0 Å². The number of halogens is 2. The summed E-state index contributed by atoms with van der Waals surface area (Å²) in [5, 5.41) is 0. The van der Waals surface area contributed by atoms with Gasteiger partial charge in [0.25, 0.3) is 0 Å². The fourth-order valence-corrected chi connectivity index (χ4v) is 1.30. The monoisotopic (exact) mass is 234 g/mol. The molecule has 0 amide bonds. The molecule has 0 aliphatic rings. The first kappa shape index (κ1) is 6.23. The van der Waals surface area contributed by atoms with Crippen molar-refractivity contribution in [2.45, 2.75) is 0 Å². The van der Waals surface area contributed by atoms with Crippen molar-refractivity contribution in [1.29, 1.82) is 0 Å². The summed E-state index contributed by atoms with van der Waals surface area (Å²) in [7, 11) is 0. The highest BCUT2D eigenvalue weighted by molar-refractivity contribution is 9.11. The molecule has 0 unspecified atom stereocenters. The number of nitrogens with zero attached hydrogens (tertiary/aromatic N) is 1. The Morgan fingerprint density at radius 3 is 2.62 bits per heavy atom. The molecule has 0 aliphatic heterocycles. The Labute approximate surface area is 64.4 Å².